The maximum absolute atomic E-state index is 11.9. The van der Waals surface area contributed by atoms with Crippen LogP contribution >= 0.6 is 11.3 Å². The average Bonchev–Trinajstić information content (AvgIpc) is 2.77. The van der Waals surface area contributed by atoms with Gasteiger partial charge in [-0.15, -0.1) is 0 Å². The summed E-state index contributed by atoms with van der Waals surface area (Å²) in [6.07, 6.45) is 3.88. The third kappa shape index (κ3) is 3.02. The van der Waals surface area contributed by atoms with Crippen LogP contribution in [0, 0.1) is 5.92 Å². The first-order chi connectivity index (χ1) is 10.2. The lowest BCUT2D eigenvalue weighted by Crippen LogP contribution is -2.42. The van der Waals surface area contributed by atoms with Crippen molar-refractivity contribution in [1.82, 2.24) is 15.2 Å². The van der Waals surface area contributed by atoms with Crippen molar-refractivity contribution in [2.75, 3.05) is 18.4 Å². The molecular formula is C14H20N4O2S. The van der Waals surface area contributed by atoms with Gasteiger partial charge in [-0.05, 0) is 19.8 Å². The molecule has 0 bridgehead atoms. The molecular weight excluding hydrogens is 288 g/mol. The first kappa shape index (κ1) is 14.3. The number of fused-ring (bicyclic) bond motifs is 1. The Morgan fingerprint density at radius 2 is 2.24 bits per heavy atom. The molecule has 1 aromatic rings. The number of hydrogen-bond acceptors (Lipinski definition) is 4. The highest BCUT2D eigenvalue weighted by atomic mass is 32.1. The summed E-state index contributed by atoms with van der Waals surface area (Å²) < 4.78 is 0. The Kier molecular flexibility index (Phi) is 4.10. The summed E-state index contributed by atoms with van der Waals surface area (Å²) in [6.45, 7) is 3.80. The molecule has 2 N–H and O–H groups in total. The number of urea groups is 1. The summed E-state index contributed by atoms with van der Waals surface area (Å²) in [5.74, 6) is 0.255. The number of nitrogens with one attached hydrogen (secondary N) is 2. The smallest absolute Gasteiger partial charge is 0.317 e. The molecule has 3 rings (SSSR count). The number of carbonyl (C=O) groups is 2. The molecule has 1 saturated carbocycles. The van der Waals surface area contributed by atoms with E-state index in [2.05, 4.69) is 15.6 Å². The average molecular weight is 308 g/mol. The van der Waals surface area contributed by atoms with Crippen LogP contribution in [0.2, 0.25) is 0 Å². The first-order valence-corrected chi connectivity index (χ1v) is 8.31. The van der Waals surface area contributed by atoms with E-state index in [4.69, 9.17) is 0 Å². The number of carbonyl (C=O) groups excluding carboxylic acids is 2. The van der Waals surface area contributed by atoms with Crippen LogP contribution in [0.5, 0.6) is 0 Å². The molecule has 0 radical (unpaired) electrons. The number of thiazole rings is 1. The van der Waals surface area contributed by atoms with Gasteiger partial charge in [-0.25, -0.2) is 9.78 Å². The van der Waals surface area contributed by atoms with E-state index < -0.39 is 0 Å². The van der Waals surface area contributed by atoms with Crippen molar-refractivity contribution >= 4 is 28.4 Å². The quantitative estimate of drug-likeness (QED) is 0.896. The van der Waals surface area contributed by atoms with Crippen molar-refractivity contribution in [3.8, 4) is 0 Å². The largest absolute Gasteiger partial charge is 0.338 e. The van der Waals surface area contributed by atoms with Gasteiger partial charge in [-0.1, -0.05) is 17.8 Å². The third-order valence-corrected chi connectivity index (χ3v) is 5.05. The van der Waals surface area contributed by atoms with Gasteiger partial charge in [-0.2, -0.15) is 0 Å². The Labute approximate surface area is 127 Å². The Morgan fingerprint density at radius 3 is 2.90 bits per heavy atom. The predicted molar refractivity (Wildman–Crippen MR) is 81.3 cm³/mol. The van der Waals surface area contributed by atoms with E-state index in [0.717, 1.165) is 36.3 Å². The van der Waals surface area contributed by atoms with Crippen molar-refractivity contribution in [1.29, 1.82) is 0 Å². The van der Waals surface area contributed by atoms with Crippen molar-refractivity contribution in [2.45, 2.75) is 39.2 Å². The first-order valence-electron chi connectivity index (χ1n) is 7.49. The normalized spacial score (nSPS) is 17.9. The van der Waals surface area contributed by atoms with Crippen LogP contribution in [-0.2, 0) is 17.8 Å². The third-order valence-electron chi connectivity index (χ3n) is 4.05. The van der Waals surface area contributed by atoms with Gasteiger partial charge >= 0.3 is 6.03 Å². The molecule has 0 saturated heterocycles. The number of amides is 3. The summed E-state index contributed by atoms with van der Waals surface area (Å²) >= 11 is 1.49. The van der Waals surface area contributed by atoms with Gasteiger partial charge in [-0.3, -0.25) is 4.79 Å². The molecule has 0 atom stereocenters. The fourth-order valence-corrected chi connectivity index (χ4v) is 3.59. The van der Waals surface area contributed by atoms with Crippen LogP contribution in [0.15, 0.2) is 0 Å². The van der Waals surface area contributed by atoms with Gasteiger partial charge < -0.3 is 15.5 Å². The Morgan fingerprint density at radius 1 is 1.43 bits per heavy atom. The van der Waals surface area contributed by atoms with Crippen molar-refractivity contribution in [3.63, 3.8) is 0 Å². The van der Waals surface area contributed by atoms with Crippen molar-refractivity contribution in [3.05, 3.63) is 10.6 Å². The lowest BCUT2D eigenvalue weighted by molar-refractivity contribution is -0.122. The van der Waals surface area contributed by atoms with Crippen molar-refractivity contribution < 1.29 is 9.59 Å². The number of rotatable bonds is 3. The van der Waals surface area contributed by atoms with Gasteiger partial charge in [0.15, 0.2) is 5.13 Å². The van der Waals surface area contributed by atoms with Gasteiger partial charge in [0.05, 0.1) is 12.2 Å². The molecule has 2 heterocycles. The summed E-state index contributed by atoms with van der Waals surface area (Å²) in [5, 5.41) is 6.41. The molecule has 0 spiro atoms. The molecule has 0 unspecified atom stereocenters. The van der Waals surface area contributed by atoms with E-state index in [-0.39, 0.29) is 17.9 Å². The van der Waals surface area contributed by atoms with Gasteiger partial charge in [0.1, 0.15) is 0 Å². The molecule has 1 aliphatic heterocycles. The number of nitrogens with zero attached hydrogens (tertiary/aromatic N) is 2. The SMILES string of the molecule is CCNC(=O)N1CCc2nc(NC(=O)C3CCC3)sc2C1. The number of aromatic nitrogens is 1. The molecule has 1 fully saturated rings. The lowest BCUT2D eigenvalue weighted by Gasteiger charge is -2.25. The molecule has 3 amide bonds. The van der Waals surface area contributed by atoms with Gasteiger partial charge in [0, 0.05) is 30.3 Å². The summed E-state index contributed by atoms with van der Waals surface area (Å²) in [6, 6.07) is -0.0309. The fourth-order valence-electron chi connectivity index (χ4n) is 2.56. The summed E-state index contributed by atoms with van der Waals surface area (Å²) in [5.41, 5.74) is 1.02. The molecule has 2 aliphatic rings. The van der Waals surface area contributed by atoms with Crippen LogP contribution in [0.25, 0.3) is 0 Å². The lowest BCUT2D eigenvalue weighted by atomic mass is 9.85. The highest BCUT2D eigenvalue weighted by molar-refractivity contribution is 7.15. The molecule has 6 nitrogen and oxygen atoms in total. The standard InChI is InChI=1S/C14H20N4O2S/c1-2-15-14(20)18-7-6-10-11(8-18)21-13(16-10)17-12(19)9-4-3-5-9/h9H,2-8H2,1H3,(H,15,20)(H,16,17,19). The van der Waals surface area contributed by atoms with Gasteiger partial charge in [0.2, 0.25) is 5.91 Å². The monoisotopic (exact) mass is 308 g/mol. The predicted octanol–water partition coefficient (Wildman–Crippen LogP) is 1.97. The highest BCUT2D eigenvalue weighted by Crippen LogP contribution is 2.31. The number of anilines is 1. The second-order valence-corrected chi connectivity index (χ2v) is 6.60. The van der Waals surface area contributed by atoms with Crippen LogP contribution < -0.4 is 10.6 Å². The minimum Gasteiger partial charge on any atom is -0.338 e. The van der Waals surface area contributed by atoms with E-state index >= 15 is 0 Å². The Balaban J connectivity index is 1.63. The minimum atomic E-state index is -0.0309. The zero-order chi connectivity index (χ0) is 14.8. The van der Waals surface area contributed by atoms with E-state index in [1.165, 1.54) is 11.3 Å². The van der Waals surface area contributed by atoms with Crippen LogP contribution in [0.3, 0.4) is 0 Å². The number of hydrogen-bond donors (Lipinski definition) is 2. The van der Waals surface area contributed by atoms with Crippen LogP contribution in [0.4, 0.5) is 9.93 Å². The molecule has 1 aromatic heterocycles. The topological polar surface area (TPSA) is 74.3 Å². The zero-order valence-electron chi connectivity index (χ0n) is 12.1. The van der Waals surface area contributed by atoms with E-state index in [9.17, 15) is 9.59 Å². The van der Waals surface area contributed by atoms with Gasteiger partial charge in [0.25, 0.3) is 0 Å². The van der Waals surface area contributed by atoms with E-state index in [0.29, 0.717) is 24.8 Å². The highest BCUT2D eigenvalue weighted by Gasteiger charge is 2.28. The maximum Gasteiger partial charge on any atom is 0.317 e. The molecule has 7 heteroatoms. The molecule has 1 aliphatic carbocycles. The van der Waals surface area contributed by atoms with E-state index in [1.807, 2.05) is 6.92 Å². The summed E-state index contributed by atoms with van der Waals surface area (Å²) in [7, 11) is 0. The maximum atomic E-state index is 11.9. The van der Waals surface area contributed by atoms with E-state index in [1.54, 1.807) is 4.90 Å². The Hall–Kier alpha value is -1.63. The molecule has 114 valence electrons. The fraction of sp³-hybridized carbons (Fsp3) is 0.643. The Bertz CT molecular complexity index is 553. The van der Waals surface area contributed by atoms with Crippen molar-refractivity contribution in [2.24, 2.45) is 5.92 Å². The minimum absolute atomic E-state index is 0.0309. The summed E-state index contributed by atoms with van der Waals surface area (Å²) in [4.78, 5) is 31.2. The van der Waals surface area contributed by atoms with Crippen LogP contribution in [0.1, 0.15) is 36.8 Å². The van der Waals surface area contributed by atoms with Crippen LogP contribution in [-0.4, -0.2) is 34.9 Å². The second kappa shape index (κ2) is 6.01. The molecule has 21 heavy (non-hydrogen) atoms. The molecule has 0 aromatic carbocycles. The second-order valence-electron chi connectivity index (χ2n) is 5.51. The zero-order valence-corrected chi connectivity index (χ0v) is 13.0.